The topological polar surface area (TPSA) is 63.4 Å². The van der Waals surface area contributed by atoms with Crippen LogP contribution in [0.3, 0.4) is 0 Å². The second kappa shape index (κ2) is 4.31. The highest BCUT2D eigenvalue weighted by molar-refractivity contribution is 7.89. The zero-order valence-electron chi connectivity index (χ0n) is 10.1. The summed E-state index contributed by atoms with van der Waals surface area (Å²) < 4.78 is 26.1. The highest BCUT2D eigenvalue weighted by Gasteiger charge is 2.35. The summed E-state index contributed by atoms with van der Waals surface area (Å²) in [6, 6.07) is 6.41. The molecule has 1 saturated carbocycles. The van der Waals surface area contributed by atoms with Crippen LogP contribution in [0.1, 0.15) is 19.8 Å². The summed E-state index contributed by atoms with van der Waals surface area (Å²) in [7, 11) is -1.73. The van der Waals surface area contributed by atoms with Crippen LogP contribution in [-0.4, -0.2) is 25.8 Å². The van der Waals surface area contributed by atoms with Crippen LogP contribution in [0.4, 0.5) is 5.69 Å². The van der Waals surface area contributed by atoms with Gasteiger partial charge in [-0.1, -0.05) is 0 Å². The van der Waals surface area contributed by atoms with Gasteiger partial charge in [0.1, 0.15) is 0 Å². The molecule has 1 aliphatic rings. The molecule has 0 aromatic heterocycles. The summed E-state index contributed by atoms with van der Waals surface area (Å²) in [5.41, 5.74) is 6.13. The Kier molecular flexibility index (Phi) is 3.14. The predicted molar refractivity (Wildman–Crippen MR) is 68.0 cm³/mol. The lowest BCUT2D eigenvalue weighted by atomic mass is 10.2. The first-order chi connectivity index (χ1) is 7.93. The zero-order valence-corrected chi connectivity index (χ0v) is 10.9. The Bertz CT molecular complexity index is 492. The minimum Gasteiger partial charge on any atom is -0.399 e. The van der Waals surface area contributed by atoms with Crippen LogP contribution in [0.25, 0.3) is 0 Å². The Morgan fingerprint density at radius 2 is 1.82 bits per heavy atom. The Morgan fingerprint density at radius 3 is 2.29 bits per heavy atom. The number of benzene rings is 1. The SMILES string of the molecule is CC(C1CC1)N(C)S(=O)(=O)c1ccc(N)cc1. The standard InChI is InChI=1S/C12H18N2O2S/c1-9(10-3-4-10)14(2)17(15,16)12-7-5-11(13)6-8-12/h5-10H,3-4,13H2,1-2H3. The molecule has 1 aromatic rings. The molecule has 4 nitrogen and oxygen atoms in total. The van der Waals surface area contributed by atoms with Gasteiger partial charge in [-0.25, -0.2) is 8.42 Å². The molecule has 0 bridgehead atoms. The number of hydrogen-bond acceptors (Lipinski definition) is 3. The summed E-state index contributed by atoms with van der Waals surface area (Å²) in [5.74, 6) is 0.517. The molecule has 0 aliphatic heterocycles. The molecule has 1 unspecified atom stereocenters. The lowest BCUT2D eigenvalue weighted by Crippen LogP contribution is -2.36. The maximum absolute atomic E-state index is 12.3. The normalized spacial score (nSPS) is 18.3. The molecule has 0 radical (unpaired) electrons. The van der Waals surface area contributed by atoms with E-state index in [1.165, 1.54) is 4.31 Å². The van der Waals surface area contributed by atoms with Gasteiger partial charge in [-0.2, -0.15) is 4.31 Å². The van der Waals surface area contributed by atoms with Crippen molar-refractivity contribution in [1.29, 1.82) is 0 Å². The van der Waals surface area contributed by atoms with Crippen LogP contribution >= 0.6 is 0 Å². The number of nitrogens with zero attached hydrogens (tertiary/aromatic N) is 1. The number of nitrogen functional groups attached to an aromatic ring is 1. The minimum atomic E-state index is -3.38. The van der Waals surface area contributed by atoms with Gasteiger partial charge in [0.25, 0.3) is 0 Å². The van der Waals surface area contributed by atoms with Crippen molar-refractivity contribution in [2.45, 2.75) is 30.7 Å². The van der Waals surface area contributed by atoms with Crippen LogP contribution < -0.4 is 5.73 Å². The van der Waals surface area contributed by atoms with Gasteiger partial charge < -0.3 is 5.73 Å². The van der Waals surface area contributed by atoms with Gasteiger partial charge in [0.2, 0.25) is 10.0 Å². The zero-order chi connectivity index (χ0) is 12.6. The maximum atomic E-state index is 12.3. The van der Waals surface area contributed by atoms with E-state index < -0.39 is 10.0 Å². The first-order valence-electron chi connectivity index (χ1n) is 5.76. The van der Waals surface area contributed by atoms with Crippen molar-refractivity contribution in [2.24, 2.45) is 5.92 Å². The van der Waals surface area contributed by atoms with Crippen molar-refractivity contribution >= 4 is 15.7 Å². The molecule has 1 atom stereocenters. The van der Waals surface area contributed by atoms with E-state index in [9.17, 15) is 8.42 Å². The van der Waals surface area contributed by atoms with E-state index in [1.54, 1.807) is 31.3 Å². The van der Waals surface area contributed by atoms with E-state index in [0.717, 1.165) is 12.8 Å². The Hall–Kier alpha value is -1.07. The van der Waals surface area contributed by atoms with Crippen LogP contribution in [0.2, 0.25) is 0 Å². The van der Waals surface area contributed by atoms with Gasteiger partial charge >= 0.3 is 0 Å². The molecule has 0 spiro atoms. The molecule has 1 aliphatic carbocycles. The molecular weight excluding hydrogens is 236 g/mol. The lowest BCUT2D eigenvalue weighted by molar-refractivity contribution is 0.357. The third-order valence-corrected chi connectivity index (χ3v) is 5.39. The molecule has 2 N–H and O–H groups in total. The number of rotatable bonds is 4. The van der Waals surface area contributed by atoms with Crippen molar-refractivity contribution < 1.29 is 8.42 Å². The molecule has 17 heavy (non-hydrogen) atoms. The van der Waals surface area contributed by atoms with E-state index >= 15 is 0 Å². The van der Waals surface area contributed by atoms with Crippen molar-refractivity contribution in [3.8, 4) is 0 Å². The monoisotopic (exact) mass is 254 g/mol. The lowest BCUT2D eigenvalue weighted by Gasteiger charge is -2.24. The molecule has 5 heteroatoms. The molecule has 0 saturated heterocycles. The minimum absolute atomic E-state index is 0.0672. The highest BCUT2D eigenvalue weighted by atomic mass is 32.2. The maximum Gasteiger partial charge on any atom is 0.243 e. The number of anilines is 1. The number of nitrogens with two attached hydrogens (primary N) is 1. The summed E-state index contributed by atoms with van der Waals surface area (Å²) >= 11 is 0. The summed E-state index contributed by atoms with van der Waals surface area (Å²) in [6.45, 7) is 1.96. The average molecular weight is 254 g/mol. The van der Waals surface area contributed by atoms with Gasteiger partial charge in [-0.05, 0) is 49.9 Å². The van der Waals surface area contributed by atoms with Gasteiger partial charge in [0.15, 0.2) is 0 Å². The van der Waals surface area contributed by atoms with Gasteiger partial charge in [-0.3, -0.25) is 0 Å². The fourth-order valence-corrected chi connectivity index (χ4v) is 3.32. The summed E-state index contributed by atoms with van der Waals surface area (Å²) in [5, 5.41) is 0. The summed E-state index contributed by atoms with van der Waals surface area (Å²) in [6.07, 6.45) is 2.26. The first kappa shape index (κ1) is 12.4. The molecule has 0 amide bonds. The predicted octanol–water partition coefficient (Wildman–Crippen LogP) is 1.69. The fraction of sp³-hybridized carbons (Fsp3) is 0.500. The Morgan fingerprint density at radius 1 is 1.29 bits per heavy atom. The van der Waals surface area contributed by atoms with Crippen LogP contribution in [0, 0.1) is 5.92 Å². The van der Waals surface area contributed by atoms with E-state index in [4.69, 9.17) is 5.73 Å². The van der Waals surface area contributed by atoms with Crippen molar-refractivity contribution in [1.82, 2.24) is 4.31 Å². The van der Waals surface area contributed by atoms with E-state index in [0.29, 0.717) is 16.5 Å². The Labute approximate surface area is 102 Å². The molecule has 0 heterocycles. The molecule has 2 rings (SSSR count). The molecule has 94 valence electrons. The van der Waals surface area contributed by atoms with Gasteiger partial charge in [0, 0.05) is 18.8 Å². The van der Waals surface area contributed by atoms with Gasteiger partial charge in [0.05, 0.1) is 4.90 Å². The molecule has 1 fully saturated rings. The third kappa shape index (κ3) is 2.45. The smallest absolute Gasteiger partial charge is 0.243 e. The first-order valence-corrected chi connectivity index (χ1v) is 7.20. The van der Waals surface area contributed by atoms with E-state index in [2.05, 4.69) is 0 Å². The second-order valence-corrected chi connectivity index (χ2v) is 6.67. The highest BCUT2D eigenvalue weighted by Crippen LogP contribution is 2.36. The average Bonchev–Trinajstić information content (AvgIpc) is 3.11. The molecule has 1 aromatic carbocycles. The van der Waals surface area contributed by atoms with Gasteiger partial charge in [-0.15, -0.1) is 0 Å². The quantitative estimate of drug-likeness (QED) is 0.832. The van der Waals surface area contributed by atoms with Crippen LogP contribution in [-0.2, 0) is 10.0 Å². The summed E-state index contributed by atoms with van der Waals surface area (Å²) in [4.78, 5) is 0.307. The fourth-order valence-electron chi connectivity index (χ4n) is 1.90. The van der Waals surface area contributed by atoms with Crippen molar-refractivity contribution in [3.63, 3.8) is 0 Å². The van der Waals surface area contributed by atoms with Crippen LogP contribution in [0.15, 0.2) is 29.2 Å². The third-order valence-electron chi connectivity index (χ3n) is 3.43. The second-order valence-electron chi connectivity index (χ2n) is 4.67. The Balaban J connectivity index is 2.25. The number of hydrogen-bond donors (Lipinski definition) is 1. The van der Waals surface area contributed by atoms with Crippen molar-refractivity contribution in [3.05, 3.63) is 24.3 Å². The van der Waals surface area contributed by atoms with Crippen molar-refractivity contribution in [2.75, 3.05) is 12.8 Å². The van der Waals surface area contributed by atoms with Crippen LogP contribution in [0.5, 0.6) is 0 Å². The molecular formula is C12H18N2O2S. The van der Waals surface area contributed by atoms with E-state index in [-0.39, 0.29) is 6.04 Å². The van der Waals surface area contributed by atoms with E-state index in [1.807, 2.05) is 6.92 Å². The number of sulfonamides is 1. The largest absolute Gasteiger partial charge is 0.399 e.